The summed E-state index contributed by atoms with van der Waals surface area (Å²) in [5.74, 6) is 0.302. The van der Waals surface area contributed by atoms with E-state index in [-0.39, 0.29) is 17.0 Å². The summed E-state index contributed by atoms with van der Waals surface area (Å²) in [5, 5.41) is 3.65. The van der Waals surface area contributed by atoms with Gasteiger partial charge in [-0.05, 0) is 26.7 Å². The lowest BCUT2D eigenvalue weighted by Crippen LogP contribution is -2.35. The number of thiazole rings is 1. The molecule has 0 aromatic carbocycles. The highest BCUT2D eigenvalue weighted by molar-refractivity contribution is 7.11. The number of aromatic nitrogens is 1. The van der Waals surface area contributed by atoms with E-state index < -0.39 is 11.9 Å². The first-order valence-electron chi connectivity index (χ1n) is 6.30. The molecular formula is C13H21F3N2S. The molecule has 0 aliphatic heterocycles. The smallest absolute Gasteiger partial charge is 0.307 e. The van der Waals surface area contributed by atoms with Crippen molar-refractivity contribution in [3.63, 3.8) is 0 Å². The van der Waals surface area contributed by atoms with E-state index in [2.05, 4.69) is 10.3 Å². The van der Waals surface area contributed by atoms with Crippen LogP contribution < -0.4 is 5.32 Å². The van der Waals surface area contributed by atoms with Crippen LogP contribution in [0.15, 0.2) is 0 Å². The number of rotatable bonds is 4. The minimum atomic E-state index is -4.37. The van der Waals surface area contributed by atoms with Gasteiger partial charge in [-0.3, -0.25) is 0 Å². The molecule has 0 amide bonds. The highest BCUT2D eigenvalue weighted by atomic mass is 32.1. The molecule has 1 aromatic rings. The van der Waals surface area contributed by atoms with Crippen molar-refractivity contribution < 1.29 is 13.2 Å². The van der Waals surface area contributed by atoms with Gasteiger partial charge in [-0.1, -0.05) is 13.8 Å². The van der Waals surface area contributed by atoms with Crippen LogP contribution in [0.3, 0.4) is 0 Å². The summed E-state index contributed by atoms with van der Waals surface area (Å²) in [6.45, 7) is 9.93. The largest absolute Gasteiger partial charge is 0.434 e. The van der Waals surface area contributed by atoms with E-state index in [1.807, 2.05) is 34.6 Å². The summed E-state index contributed by atoms with van der Waals surface area (Å²) in [6.07, 6.45) is -3.79. The fourth-order valence-electron chi connectivity index (χ4n) is 1.52. The van der Waals surface area contributed by atoms with Crippen molar-refractivity contribution >= 4 is 11.3 Å². The van der Waals surface area contributed by atoms with E-state index in [1.165, 1.54) is 0 Å². The average Bonchev–Trinajstić information content (AvgIpc) is 2.55. The summed E-state index contributed by atoms with van der Waals surface area (Å²) < 4.78 is 38.8. The van der Waals surface area contributed by atoms with Gasteiger partial charge in [0.05, 0.1) is 9.88 Å². The minimum Gasteiger partial charge on any atom is -0.307 e. The van der Waals surface area contributed by atoms with Gasteiger partial charge in [0.1, 0.15) is 0 Å². The minimum absolute atomic E-state index is 0.202. The molecule has 0 aliphatic rings. The first-order chi connectivity index (χ1) is 8.49. The van der Waals surface area contributed by atoms with Crippen LogP contribution >= 0.6 is 11.3 Å². The third-order valence-corrected chi connectivity index (χ3v) is 3.45. The van der Waals surface area contributed by atoms with Crippen LogP contribution in [0.5, 0.6) is 0 Å². The molecule has 0 aliphatic carbocycles. The second-order valence-electron chi connectivity index (χ2n) is 6.08. The van der Waals surface area contributed by atoms with Gasteiger partial charge in [-0.2, -0.15) is 13.2 Å². The van der Waals surface area contributed by atoms with E-state index in [0.717, 1.165) is 11.3 Å². The molecule has 0 fully saturated rings. The lowest BCUT2D eigenvalue weighted by atomic mass is 10.1. The maximum Gasteiger partial charge on any atom is 0.434 e. The lowest BCUT2D eigenvalue weighted by Gasteiger charge is -2.20. The van der Waals surface area contributed by atoms with E-state index in [4.69, 9.17) is 0 Å². The number of hydrogen-bond acceptors (Lipinski definition) is 3. The van der Waals surface area contributed by atoms with Crippen LogP contribution in [0.1, 0.15) is 50.2 Å². The Morgan fingerprint density at radius 2 is 1.79 bits per heavy atom. The van der Waals surface area contributed by atoms with Crippen molar-refractivity contribution in [2.75, 3.05) is 0 Å². The molecule has 1 aromatic heterocycles. The third kappa shape index (κ3) is 5.48. The molecule has 2 nitrogen and oxygen atoms in total. The molecule has 0 atom stereocenters. The Bertz CT molecular complexity index is 417. The molecule has 0 saturated heterocycles. The maximum atomic E-state index is 12.9. The molecule has 1 heterocycles. The third-order valence-electron chi connectivity index (χ3n) is 2.37. The van der Waals surface area contributed by atoms with Gasteiger partial charge < -0.3 is 5.32 Å². The molecule has 1 rings (SSSR count). The van der Waals surface area contributed by atoms with Gasteiger partial charge in [-0.15, -0.1) is 11.3 Å². The molecule has 0 saturated carbocycles. The van der Waals surface area contributed by atoms with Gasteiger partial charge in [0, 0.05) is 18.5 Å². The quantitative estimate of drug-likeness (QED) is 0.898. The fourth-order valence-corrected chi connectivity index (χ4v) is 2.76. The van der Waals surface area contributed by atoms with Crippen LogP contribution in [0.4, 0.5) is 13.2 Å². The zero-order valence-corrected chi connectivity index (χ0v) is 12.8. The van der Waals surface area contributed by atoms with Gasteiger partial charge >= 0.3 is 6.18 Å². The zero-order valence-electron chi connectivity index (χ0n) is 12.0. The first kappa shape index (κ1) is 16.4. The molecule has 0 bridgehead atoms. The molecule has 0 unspecified atom stereocenters. The Morgan fingerprint density at radius 3 is 2.21 bits per heavy atom. The Hall–Kier alpha value is -0.620. The number of nitrogens with zero attached hydrogens (tertiary/aromatic N) is 1. The predicted octanol–water partition coefficient (Wildman–Crippen LogP) is 4.25. The second kappa shape index (κ2) is 5.79. The van der Waals surface area contributed by atoms with Crippen molar-refractivity contribution in [2.45, 2.75) is 59.3 Å². The summed E-state index contributed by atoms with van der Waals surface area (Å²) in [5.41, 5.74) is -0.949. The summed E-state index contributed by atoms with van der Waals surface area (Å²) >= 11 is 1.16. The van der Waals surface area contributed by atoms with Crippen LogP contribution in [0.25, 0.3) is 0 Å². The summed E-state index contributed by atoms with van der Waals surface area (Å²) in [6, 6.07) is 0. The Balaban J connectivity index is 2.96. The van der Waals surface area contributed by atoms with Crippen molar-refractivity contribution in [1.82, 2.24) is 10.3 Å². The van der Waals surface area contributed by atoms with E-state index in [9.17, 15) is 13.2 Å². The van der Waals surface area contributed by atoms with Crippen molar-refractivity contribution in [1.29, 1.82) is 0 Å². The normalized spacial score (nSPS) is 13.3. The van der Waals surface area contributed by atoms with E-state index >= 15 is 0 Å². The standard InChI is InChI=1S/C13H21F3N2S/c1-8(2)6-10-18-11(13(14,15)16)9(19-10)7-17-12(3,4)5/h8,17H,6-7H2,1-5H3. The van der Waals surface area contributed by atoms with Gasteiger partial charge in [-0.25, -0.2) is 4.98 Å². The SMILES string of the molecule is CC(C)Cc1nc(C(F)(F)F)c(CNC(C)(C)C)s1. The van der Waals surface area contributed by atoms with Crippen LogP contribution in [-0.2, 0) is 19.1 Å². The molecule has 6 heteroatoms. The molecule has 1 N–H and O–H groups in total. The number of alkyl halides is 3. The topological polar surface area (TPSA) is 24.9 Å². The van der Waals surface area contributed by atoms with Gasteiger partial charge in [0.15, 0.2) is 5.69 Å². The monoisotopic (exact) mass is 294 g/mol. The first-order valence-corrected chi connectivity index (χ1v) is 7.11. The van der Waals surface area contributed by atoms with Crippen LogP contribution in [0.2, 0.25) is 0 Å². The molecule has 0 radical (unpaired) electrons. The van der Waals surface area contributed by atoms with Crippen molar-refractivity contribution in [3.05, 3.63) is 15.6 Å². The summed E-state index contributed by atoms with van der Waals surface area (Å²) in [4.78, 5) is 4.05. The number of hydrogen-bond donors (Lipinski definition) is 1. The van der Waals surface area contributed by atoms with E-state index in [0.29, 0.717) is 17.3 Å². The van der Waals surface area contributed by atoms with Crippen molar-refractivity contribution in [2.24, 2.45) is 5.92 Å². The summed E-state index contributed by atoms with van der Waals surface area (Å²) in [7, 11) is 0. The second-order valence-corrected chi connectivity index (χ2v) is 7.25. The Kier molecular flexibility index (Phi) is 5.01. The van der Waals surface area contributed by atoms with Crippen LogP contribution in [-0.4, -0.2) is 10.5 Å². The highest BCUT2D eigenvalue weighted by Gasteiger charge is 2.37. The van der Waals surface area contributed by atoms with Gasteiger partial charge in [0.25, 0.3) is 0 Å². The number of halogens is 3. The fraction of sp³-hybridized carbons (Fsp3) is 0.769. The van der Waals surface area contributed by atoms with Crippen molar-refractivity contribution in [3.8, 4) is 0 Å². The lowest BCUT2D eigenvalue weighted by molar-refractivity contribution is -0.141. The highest BCUT2D eigenvalue weighted by Crippen LogP contribution is 2.35. The number of nitrogens with one attached hydrogen (secondary N) is 1. The Labute approximate surface area is 116 Å². The maximum absolute atomic E-state index is 12.9. The molecule has 19 heavy (non-hydrogen) atoms. The average molecular weight is 294 g/mol. The van der Waals surface area contributed by atoms with Gasteiger partial charge in [0.2, 0.25) is 0 Å². The van der Waals surface area contributed by atoms with E-state index in [1.54, 1.807) is 0 Å². The molecule has 110 valence electrons. The predicted molar refractivity (Wildman–Crippen MR) is 72.3 cm³/mol. The molecule has 0 spiro atoms. The van der Waals surface area contributed by atoms with Crippen LogP contribution in [0, 0.1) is 5.92 Å². The molecular weight excluding hydrogens is 273 g/mol. The zero-order chi connectivity index (χ0) is 14.8. The Morgan fingerprint density at radius 1 is 1.21 bits per heavy atom.